The number of Topliss-reactive ketones (excluding diaryl/α,β-unsaturated/α-hetero) is 1. The van der Waals surface area contributed by atoms with Gasteiger partial charge < -0.3 is 10.2 Å². The Morgan fingerprint density at radius 1 is 1.20 bits per heavy atom. The van der Waals surface area contributed by atoms with E-state index in [-0.39, 0.29) is 22.7 Å². The van der Waals surface area contributed by atoms with Gasteiger partial charge in [-0.05, 0) is 80.6 Å². The molecule has 0 aromatic rings. The molecule has 0 unspecified atom stereocenters. The molecule has 2 N–H and O–H groups in total. The number of carbonyl (C=O) groups excluding carboxylic acids is 1. The molecule has 0 aromatic carbocycles. The number of allylic oxidation sites excluding steroid dienone is 1. The van der Waals surface area contributed by atoms with Crippen LogP contribution < -0.4 is 0 Å². The van der Waals surface area contributed by atoms with Crippen molar-refractivity contribution in [3.8, 4) is 0 Å². The topological polar surface area (TPSA) is 57.5 Å². The number of hydrogen-bond acceptors (Lipinski definition) is 3. The fourth-order valence-corrected chi connectivity index (χ4v) is 7.26. The summed E-state index contributed by atoms with van der Waals surface area (Å²) in [5.74, 6) is 1.29. The lowest BCUT2D eigenvalue weighted by atomic mass is 9.46. The van der Waals surface area contributed by atoms with E-state index in [2.05, 4.69) is 26.5 Å². The average Bonchev–Trinajstić information content (AvgIpc) is 2.77. The van der Waals surface area contributed by atoms with Gasteiger partial charge in [-0.15, -0.1) is 0 Å². The van der Waals surface area contributed by atoms with Gasteiger partial charge in [0.2, 0.25) is 0 Å². The highest BCUT2D eigenvalue weighted by Crippen LogP contribution is 2.68. The molecule has 25 heavy (non-hydrogen) atoms. The van der Waals surface area contributed by atoms with Crippen LogP contribution in [0.1, 0.15) is 65.7 Å². The van der Waals surface area contributed by atoms with Crippen LogP contribution in [0.15, 0.2) is 23.8 Å². The monoisotopic (exact) mass is 344 g/mol. The molecule has 4 rings (SSSR count). The van der Waals surface area contributed by atoms with Crippen molar-refractivity contribution >= 4 is 5.78 Å². The van der Waals surface area contributed by atoms with Crippen molar-refractivity contribution < 1.29 is 15.0 Å². The summed E-state index contributed by atoms with van der Waals surface area (Å²) < 4.78 is 0. The summed E-state index contributed by atoms with van der Waals surface area (Å²) in [6.07, 6.45) is 8.71. The number of ketones is 1. The maximum absolute atomic E-state index is 12.4. The fraction of sp³-hybridized carbons (Fsp3) is 0.773. The molecule has 138 valence electrons. The first kappa shape index (κ1) is 17.5. The Bertz CT molecular complexity index is 664. The molecule has 3 fully saturated rings. The summed E-state index contributed by atoms with van der Waals surface area (Å²) in [6, 6.07) is 0. The number of carbonyl (C=O) groups is 1. The van der Waals surface area contributed by atoms with E-state index in [1.54, 1.807) is 0 Å². The smallest absolute Gasteiger partial charge is 0.166 e. The number of aliphatic hydroxyl groups is 2. The maximum atomic E-state index is 12.4. The van der Waals surface area contributed by atoms with E-state index >= 15 is 0 Å². The van der Waals surface area contributed by atoms with E-state index < -0.39 is 5.60 Å². The minimum absolute atomic E-state index is 0.139. The molecule has 0 aromatic heterocycles. The molecule has 3 nitrogen and oxygen atoms in total. The van der Waals surface area contributed by atoms with Gasteiger partial charge in [0.25, 0.3) is 0 Å². The van der Waals surface area contributed by atoms with Crippen LogP contribution in [0.2, 0.25) is 0 Å². The second-order valence-corrected chi connectivity index (χ2v) is 9.69. The summed E-state index contributed by atoms with van der Waals surface area (Å²) >= 11 is 0. The lowest BCUT2D eigenvalue weighted by Crippen LogP contribution is -2.57. The summed E-state index contributed by atoms with van der Waals surface area (Å²) in [6.45, 7) is 10.2. The zero-order valence-corrected chi connectivity index (χ0v) is 15.8. The van der Waals surface area contributed by atoms with Gasteiger partial charge in [-0.2, -0.15) is 0 Å². The van der Waals surface area contributed by atoms with E-state index in [1.807, 2.05) is 0 Å². The largest absolute Gasteiger partial charge is 0.393 e. The molecule has 0 amide bonds. The van der Waals surface area contributed by atoms with Gasteiger partial charge in [-0.25, -0.2) is 0 Å². The second kappa shape index (κ2) is 5.29. The predicted molar refractivity (Wildman–Crippen MR) is 97.9 cm³/mol. The molecule has 4 aliphatic carbocycles. The SMILES string of the molecule is C=C1C[C@@H]2[C@H]3CC=C4C[C@@H](O)CC[C@]4(C)[C@@H]3CC[C@]2(C)[C@]1(O)C(C)=O. The van der Waals surface area contributed by atoms with Gasteiger partial charge >= 0.3 is 0 Å². The number of hydrogen-bond donors (Lipinski definition) is 2. The second-order valence-electron chi connectivity index (χ2n) is 9.69. The molecule has 7 atom stereocenters. The highest BCUT2D eigenvalue weighted by atomic mass is 16.3. The summed E-state index contributed by atoms with van der Waals surface area (Å²) in [5.41, 5.74) is 0.632. The summed E-state index contributed by atoms with van der Waals surface area (Å²) in [7, 11) is 0. The zero-order valence-electron chi connectivity index (χ0n) is 15.8. The van der Waals surface area contributed by atoms with Crippen LogP contribution in [0.5, 0.6) is 0 Å². The lowest BCUT2D eigenvalue weighted by molar-refractivity contribution is -0.153. The predicted octanol–water partition coefficient (Wildman–Crippen LogP) is 3.80. The molecule has 3 saturated carbocycles. The minimum atomic E-state index is -1.35. The molecule has 4 aliphatic rings. The first-order valence-electron chi connectivity index (χ1n) is 9.94. The van der Waals surface area contributed by atoms with Crippen molar-refractivity contribution in [2.24, 2.45) is 28.6 Å². The van der Waals surface area contributed by atoms with E-state index in [4.69, 9.17) is 0 Å². The minimum Gasteiger partial charge on any atom is -0.393 e. The molecule has 3 heteroatoms. The van der Waals surface area contributed by atoms with Gasteiger partial charge in [-0.1, -0.05) is 32.1 Å². The number of aliphatic hydroxyl groups excluding tert-OH is 1. The van der Waals surface area contributed by atoms with Crippen LogP contribution in [0.3, 0.4) is 0 Å². The normalized spacial score (nSPS) is 52.0. The lowest BCUT2D eigenvalue weighted by Gasteiger charge is -2.58. The third kappa shape index (κ3) is 2.03. The van der Waals surface area contributed by atoms with Gasteiger partial charge in [0.1, 0.15) is 5.60 Å². The Morgan fingerprint density at radius 3 is 2.60 bits per heavy atom. The standard InChI is InChI=1S/C22H32O3/c1-13-11-19-17-6-5-15-12-16(24)7-9-20(15,3)18(17)8-10-21(19,4)22(13,25)14(2)23/h5,16-19,24-25H,1,6-12H2,2-4H3/t16-,17-,18+,19+,20-,21-,22+/m0/s1. The highest BCUT2D eigenvalue weighted by molar-refractivity contribution is 5.90. The van der Waals surface area contributed by atoms with Gasteiger partial charge in [0, 0.05) is 5.41 Å². The zero-order chi connectivity index (χ0) is 18.2. The molecule has 0 aliphatic heterocycles. The summed E-state index contributed by atoms with van der Waals surface area (Å²) in [4.78, 5) is 12.4. The van der Waals surface area contributed by atoms with Crippen LogP contribution >= 0.6 is 0 Å². The average molecular weight is 344 g/mol. The van der Waals surface area contributed by atoms with Crippen LogP contribution in [-0.4, -0.2) is 27.7 Å². The molecular formula is C22H32O3. The van der Waals surface area contributed by atoms with Crippen molar-refractivity contribution in [3.63, 3.8) is 0 Å². The Kier molecular flexibility index (Phi) is 3.70. The third-order valence-corrected chi connectivity index (χ3v) is 8.78. The van der Waals surface area contributed by atoms with E-state index in [0.29, 0.717) is 17.8 Å². The first-order chi connectivity index (χ1) is 11.6. The van der Waals surface area contributed by atoms with Crippen LogP contribution in [0.4, 0.5) is 0 Å². The number of rotatable bonds is 1. The van der Waals surface area contributed by atoms with Crippen molar-refractivity contribution in [1.82, 2.24) is 0 Å². The van der Waals surface area contributed by atoms with Crippen molar-refractivity contribution in [3.05, 3.63) is 23.8 Å². The van der Waals surface area contributed by atoms with Crippen LogP contribution in [0, 0.1) is 28.6 Å². The van der Waals surface area contributed by atoms with Crippen LogP contribution in [-0.2, 0) is 4.79 Å². The highest BCUT2D eigenvalue weighted by Gasteiger charge is 2.66. The Labute approximate surface area is 151 Å². The first-order valence-corrected chi connectivity index (χ1v) is 9.94. The quantitative estimate of drug-likeness (QED) is 0.712. The van der Waals surface area contributed by atoms with Gasteiger partial charge in [0.15, 0.2) is 5.78 Å². The maximum Gasteiger partial charge on any atom is 0.166 e. The van der Waals surface area contributed by atoms with E-state index in [0.717, 1.165) is 50.5 Å². The molecule has 0 saturated heterocycles. The number of fused-ring (bicyclic) bond motifs is 5. The molecule has 0 radical (unpaired) electrons. The van der Waals surface area contributed by atoms with Crippen molar-refractivity contribution in [2.75, 3.05) is 0 Å². The van der Waals surface area contributed by atoms with Crippen LogP contribution in [0.25, 0.3) is 0 Å². The van der Waals surface area contributed by atoms with Crippen molar-refractivity contribution in [2.45, 2.75) is 77.4 Å². The molecular weight excluding hydrogens is 312 g/mol. The molecule has 0 heterocycles. The van der Waals surface area contributed by atoms with Crippen molar-refractivity contribution in [1.29, 1.82) is 0 Å². The summed E-state index contributed by atoms with van der Waals surface area (Å²) in [5, 5.41) is 21.4. The van der Waals surface area contributed by atoms with E-state index in [1.165, 1.54) is 12.5 Å². The molecule has 0 bridgehead atoms. The Morgan fingerprint density at radius 2 is 1.92 bits per heavy atom. The van der Waals surface area contributed by atoms with E-state index in [9.17, 15) is 15.0 Å². The third-order valence-electron chi connectivity index (χ3n) is 8.78. The van der Waals surface area contributed by atoms with Gasteiger partial charge in [-0.3, -0.25) is 4.79 Å². The molecule has 0 spiro atoms. The Hall–Kier alpha value is -0.930. The fourth-order valence-electron chi connectivity index (χ4n) is 7.26. The van der Waals surface area contributed by atoms with Gasteiger partial charge in [0.05, 0.1) is 6.10 Å². The Balaban J connectivity index is 1.73.